The third-order valence-corrected chi connectivity index (χ3v) is 6.21. The van der Waals surface area contributed by atoms with Crippen molar-refractivity contribution in [3.8, 4) is 5.75 Å². The van der Waals surface area contributed by atoms with Crippen molar-refractivity contribution in [2.75, 3.05) is 12.4 Å². The highest BCUT2D eigenvalue weighted by molar-refractivity contribution is 6.14. The van der Waals surface area contributed by atoms with Crippen molar-refractivity contribution in [2.45, 2.75) is 37.4 Å². The second kappa shape index (κ2) is 8.90. The maximum absolute atomic E-state index is 12.4. The number of Topliss-reactive ketones (excluding diaryl/α,β-unsaturated/α-hetero) is 1. The summed E-state index contributed by atoms with van der Waals surface area (Å²) in [7, 11) is 1.64. The zero-order valence-electron chi connectivity index (χ0n) is 18.3. The smallest absolute Gasteiger partial charge is 0.222 e. The van der Waals surface area contributed by atoms with Gasteiger partial charge in [0.05, 0.1) is 18.7 Å². The summed E-state index contributed by atoms with van der Waals surface area (Å²) in [6.45, 7) is 0. The zero-order valence-corrected chi connectivity index (χ0v) is 18.3. The highest BCUT2D eigenvalue weighted by Gasteiger charge is 2.39. The Balaban J connectivity index is 1.62. The minimum Gasteiger partial charge on any atom is -0.512 e. The molecule has 1 aromatic heterocycles. The number of nitrogens with one attached hydrogen (secondary N) is 1. The van der Waals surface area contributed by atoms with E-state index in [1.165, 1.54) is 12.5 Å². The molecule has 2 heterocycles. The number of ether oxygens (including phenoxy) is 1. The van der Waals surface area contributed by atoms with Crippen LogP contribution in [0.3, 0.4) is 0 Å². The summed E-state index contributed by atoms with van der Waals surface area (Å²) in [5.41, 5.74) is 2.33. The number of hydrogen-bond acceptors (Lipinski definition) is 7. The number of carbonyl (C=O) groups is 1. The van der Waals surface area contributed by atoms with Gasteiger partial charge in [-0.05, 0) is 29.7 Å². The summed E-state index contributed by atoms with van der Waals surface area (Å²) in [5.74, 6) is 1.44. The maximum atomic E-state index is 12.4. The number of ketones is 1. The number of aliphatic imine (C=N–C) groups is 1. The summed E-state index contributed by atoms with van der Waals surface area (Å²) >= 11 is 0. The van der Waals surface area contributed by atoms with Gasteiger partial charge in [0.25, 0.3) is 0 Å². The number of anilines is 1. The first kappa shape index (κ1) is 20.9. The van der Waals surface area contributed by atoms with Crippen molar-refractivity contribution < 1.29 is 14.6 Å². The van der Waals surface area contributed by atoms with Crippen LogP contribution in [0.2, 0.25) is 0 Å². The molecule has 3 aromatic rings. The van der Waals surface area contributed by atoms with E-state index in [0.717, 1.165) is 16.9 Å². The molecule has 8 heteroatoms. The van der Waals surface area contributed by atoms with E-state index in [1.54, 1.807) is 7.11 Å². The van der Waals surface area contributed by atoms with Crippen molar-refractivity contribution in [3.05, 3.63) is 83.4 Å². The predicted molar refractivity (Wildman–Crippen MR) is 125 cm³/mol. The number of aromatic nitrogens is 3. The van der Waals surface area contributed by atoms with Crippen LogP contribution in [0.15, 0.2) is 77.2 Å². The number of carbonyl (C=O) groups excluding carboxylic acids is 1. The van der Waals surface area contributed by atoms with Crippen LogP contribution in [0.5, 0.6) is 5.75 Å². The van der Waals surface area contributed by atoms with Gasteiger partial charge in [0.2, 0.25) is 5.95 Å². The number of fused-ring (bicyclic) bond motifs is 1. The first-order chi connectivity index (χ1) is 16.2. The number of hydrogen-bond donors (Lipinski definition) is 2. The molecule has 0 radical (unpaired) electrons. The third kappa shape index (κ3) is 4.00. The normalized spacial score (nSPS) is 22.8. The van der Waals surface area contributed by atoms with Crippen molar-refractivity contribution >= 4 is 17.9 Å². The average Bonchev–Trinajstić information content (AvgIpc) is 3.32. The summed E-state index contributed by atoms with van der Waals surface area (Å²) in [6, 6.07) is 17.0. The number of aliphatic hydroxyl groups is 1. The molecule has 3 atom stereocenters. The SMILES string of the molecule is COc1ccc([C@@H]2Nc3ncnn3[C@@H](c3ccccc3)[C@H]2N=CC2=C(O)CCCC2=O)cc1. The van der Waals surface area contributed by atoms with Gasteiger partial charge in [-0.25, -0.2) is 4.68 Å². The van der Waals surface area contributed by atoms with Crippen LogP contribution in [-0.2, 0) is 4.79 Å². The number of rotatable bonds is 5. The zero-order chi connectivity index (χ0) is 22.8. The van der Waals surface area contributed by atoms with Gasteiger partial charge in [0.1, 0.15) is 29.9 Å². The average molecular weight is 444 g/mol. The molecule has 1 aliphatic heterocycles. The molecule has 0 spiro atoms. The molecule has 0 saturated heterocycles. The fraction of sp³-hybridized carbons (Fsp3) is 0.280. The molecular weight excluding hydrogens is 418 g/mol. The largest absolute Gasteiger partial charge is 0.512 e. The molecule has 8 nitrogen and oxygen atoms in total. The number of nitrogens with zero attached hydrogens (tertiary/aromatic N) is 4. The second-order valence-corrected chi connectivity index (χ2v) is 8.18. The molecule has 168 valence electrons. The van der Waals surface area contributed by atoms with Crippen LogP contribution in [0, 0.1) is 0 Å². The summed E-state index contributed by atoms with van der Waals surface area (Å²) in [5, 5.41) is 18.3. The van der Waals surface area contributed by atoms with Gasteiger partial charge in [-0.3, -0.25) is 9.79 Å². The quantitative estimate of drug-likeness (QED) is 0.577. The van der Waals surface area contributed by atoms with E-state index < -0.39 is 0 Å². The Morgan fingerprint density at radius 3 is 2.64 bits per heavy atom. The van der Waals surface area contributed by atoms with Crippen LogP contribution >= 0.6 is 0 Å². The van der Waals surface area contributed by atoms with Crippen LogP contribution in [-0.4, -0.2) is 45.0 Å². The number of allylic oxidation sites excluding steroid dienone is 2. The second-order valence-electron chi connectivity index (χ2n) is 8.18. The number of methoxy groups -OCH3 is 1. The Bertz CT molecular complexity index is 1200. The molecule has 5 rings (SSSR count). The molecule has 0 bridgehead atoms. The minimum atomic E-state index is -0.356. The molecule has 1 aliphatic carbocycles. The molecule has 0 amide bonds. The van der Waals surface area contributed by atoms with Crippen LogP contribution in [0.4, 0.5) is 5.95 Å². The Kier molecular flexibility index (Phi) is 5.64. The van der Waals surface area contributed by atoms with Crippen LogP contribution < -0.4 is 10.1 Å². The van der Waals surface area contributed by atoms with Crippen molar-refractivity contribution in [3.63, 3.8) is 0 Å². The highest BCUT2D eigenvalue weighted by atomic mass is 16.5. The van der Waals surface area contributed by atoms with E-state index in [-0.39, 0.29) is 29.7 Å². The van der Waals surface area contributed by atoms with Crippen molar-refractivity contribution in [1.82, 2.24) is 14.8 Å². The lowest BCUT2D eigenvalue weighted by molar-refractivity contribution is -0.115. The Morgan fingerprint density at radius 2 is 1.91 bits per heavy atom. The van der Waals surface area contributed by atoms with E-state index >= 15 is 0 Å². The Hall–Kier alpha value is -3.94. The summed E-state index contributed by atoms with van der Waals surface area (Å²) in [4.78, 5) is 21.8. The molecule has 0 saturated carbocycles. The van der Waals surface area contributed by atoms with E-state index in [2.05, 4.69) is 15.4 Å². The Labute approximate surface area is 191 Å². The molecule has 0 fully saturated rings. The van der Waals surface area contributed by atoms with E-state index in [0.29, 0.717) is 30.8 Å². The maximum Gasteiger partial charge on any atom is 0.222 e. The molecule has 0 unspecified atom stereocenters. The number of aliphatic hydroxyl groups excluding tert-OH is 1. The first-order valence-corrected chi connectivity index (χ1v) is 11.0. The molecule has 2 aromatic carbocycles. The van der Waals surface area contributed by atoms with E-state index in [4.69, 9.17) is 9.73 Å². The molecule has 2 aliphatic rings. The minimum absolute atomic E-state index is 0.0787. The van der Waals surface area contributed by atoms with Gasteiger partial charge in [0.15, 0.2) is 5.78 Å². The standard InChI is InChI=1S/C25H25N5O3/c1-33-18-12-10-16(11-13-18)22-23(26-14-19-20(31)8-5-9-21(19)32)24(17-6-3-2-4-7-17)30-25(29-22)27-15-28-30/h2-4,6-7,10-15,22-24,31H,5,8-9H2,1H3,(H,27,28,29)/t22-,23-,24-/m0/s1. The van der Waals surface area contributed by atoms with Gasteiger partial charge in [-0.1, -0.05) is 42.5 Å². The Morgan fingerprint density at radius 1 is 1.12 bits per heavy atom. The molecule has 33 heavy (non-hydrogen) atoms. The summed E-state index contributed by atoms with van der Waals surface area (Å²) < 4.78 is 7.15. The van der Waals surface area contributed by atoms with E-state index in [9.17, 15) is 9.90 Å². The van der Waals surface area contributed by atoms with Crippen molar-refractivity contribution in [2.24, 2.45) is 4.99 Å². The van der Waals surface area contributed by atoms with Gasteiger partial charge in [0, 0.05) is 19.1 Å². The summed E-state index contributed by atoms with van der Waals surface area (Å²) in [6.07, 6.45) is 4.64. The van der Waals surface area contributed by atoms with Gasteiger partial charge in [-0.15, -0.1) is 0 Å². The first-order valence-electron chi connectivity index (χ1n) is 11.0. The third-order valence-electron chi connectivity index (χ3n) is 6.21. The lowest BCUT2D eigenvalue weighted by Gasteiger charge is -2.37. The lowest BCUT2D eigenvalue weighted by atomic mass is 9.88. The predicted octanol–water partition coefficient (Wildman–Crippen LogP) is 4.05. The topological polar surface area (TPSA) is 102 Å². The lowest BCUT2D eigenvalue weighted by Crippen LogP contribution is -2.40. The van der Waals surface area contributed by atoms with E-state index in [1.807, 2.05) is 59.3 Å². The highest BCUT2D eigenvalue weighted by Crippen LogP contribution is 2.40. The van der Waals surface area contributed by atoms with Crippen LogP contribution in [0.1, 0.15) is 42.5 Å². The van der Waals surface area contributed by atoms with Gasteiger partial charge in [-0.2, -0.15) is 10.1 Å². The van der Waals surface area contributed by atoms with Crippen molar-refractivity contribution in [1.29, 1.82) is 0 Å². The fourth-order valence-electron chi connectivity index (χ4n) is 4.51. The number of benzene rings is 2. The fourth-order valence-corrected chi connectivity index (χ4v) is 4.51. The van der Waals surface area contributed by atoms with Gasteiger partial charge >= 0.3 is 0 Å². The van der Waals surface area contributed by atoms with Crippen LogP contribution in [0.25, 0.3) is 0 Å². The molecule has 2 N–H and O–H groups in total. The van der Waals surface area contributed by atoms with Gasteiger partial charge < -0.3 is 15.2 Å². The monoisotopic (exact) mass is 443 g/mol. The molecular formula is C25H25N5O3.